The van der Waals surface area contributed by atoms with Gasteiger partial charge in [-0.3, -0.25) is 0 Å². The van der Waals surface area contributed by atoms with Gasteiger partial charge in [0, 0.05) is 6.54 Å². The standard InChI is InChI=1S/C13H22N4O/c1-10-12(15-9-16-13(10)18-3)14-8-11-4-6-17(2)7-5-11/h9,11H,4-8H2,1-3H3,(H,14,15,16). The third-order valence-electron chi connectivity index (χ3n) is 3.63. The van der Waals surface area contributed by atoms with Crippen molar-refractivity contribution in [3.63, 3.8) is 0 Å². The van der Waals surface area contributed by atoms with E-state index in [4.69, 9.17) is 4.74 Å². The molecule has 0 bridgehead atoms. The smallest absolute Gasteiger partial charge is 0.221 e. The normalized spacial score (nSPS) is 17.7. The largest absolute Gasteiger partial charge is 0.481 e. The highest BCUT2D eigenvalue weighted by Gasteiger charge is 2.17. The maximum atomic E-state index is 5.19. The lowest BCUT2D eigenvalue weighted by atomic mass is 9.97. The summed E-state index contributed by atoms with van der Waals surface area (Å²) in [5, 5.41) is 3.42. The Morgan fingerprint density at radius 3 is 2.78 bits per heavy atom. The molecule has 0 atom stereocenters. The van der Waals surface area contributed by atoms with Gasteiger partial charge in [-0.25, -0.2) is 9.97 Å². The summed E-state index contributed by atoms with van der Waals surface area (Å²) in [4.78, 5) is 10.7. The zero-order chi connectivity index (χ0) is 13.0. The molecule has 0 spiro atoms. The summed E-state index contributed by atoms with van der Waals surface area (Å²) in [6, 6.07) is 0. The van der Waals surface area contributed by atoms with Crippen molar-refractivity contribution in [3.8, 4) is 5.88 Å². The van der Waals surface area contributed by atoms with Gasteiger partial charge in [-0.1, -0.05) is 0 Å². The topological polar surface area (TPSA) is 50.3 Å². The Labute approximate surface area is 109 Å². The molecule has 1 aliphatic heterocycles. The molecule has 0 aliphatic carbocycles. The predicted molar refractivity (Wildman–Crippen MR) is 72.0 cm³/mol. The van der Waals surface area contributed by atoms with E-state index < -0.39 is 0 Å². The number of hydrogen-bond donors (Lipinski definition) is 1. The number of rotatable bonds is 4. The van der Waals surface area contributed by atoms with Crippen LogP contribution in [0.15, 0.2) is 6.33 Å². The van der Waals surface area contributed by atoms with Crippen LogP contribution in [0.4, 0.5) is 5.82 Å². The van der Waals surface area contributed by atoms with Gasteiger partial charge in [-0.2, -0.15) is 0 Å². The molecule has 0 saturated carbocycles. The van der Waals surface area contributed by atoms with Crippen molar-refractivity contribution < 1.29 is 4.74 Å². The minimum atomic E-state index is 0.649. The number of likely N-dealkylation sites (tertiary alicyclic amines) is 1. The van der Waals surface area contributed by atoms with Crippen LogP contribution in [-0.2, 0) is 0 Å². The molecule has 1 N–H and O–H groups in total. The van der Waals surface area contributed by atoms with Gasteiger partial charge in [0.15, 0.2) is 0 Å². The first-order valence-corrected chi connectivity index (χ1v) is 6.48. The number of anilines is 1. The molecule has 5 heteroatoms. The van der Waals surface area contributed by atoms with Gasteiger partial charge in [0.2, 0.25) is 5.88 Å². The molecule has 1 aromatic heterocycles. The molecule has 1 aliphatic rings. The summed E-state index contributed by atoms with van der Waals surface area (Å²) in [5.74, 6) is 2.28. The van der Waals surface area contributed by atoms with Crippen LogP contribution in [0.3, 0.4) is 0 Å². The molecular formula is C13H22N4O. The van der Waals surface area contributed by atoms with E-state index in [1.165, 1.54) is 25.9 Å². The predicted octanol–water partition coefficient (Wildman–Crippen LogP) is 1.55. The van der Waals surface area contributed by atoms with Crippen LogP contribution in [0.25, 0.3) is 0 Å². The number of nitrogens with one attached hydrogen (secondary N) is 1. The van der Waals surface area contributed by atoms with Gasteiger partial charge in [-0.05, 0) is 45.8 Å². The fourth-order valence-electron chi connectivity index (χ4n) is 2.33. The Morgan fingerprint density at radius 1 is 1.39 bits per heavy atom. The minimum absolute atomic E-state index is 0.649. The van der Waals surface area contributed by atoms with Crippen LogP contribution >= 0.6 is 0 Å². The lowest BCUT2D eigenvalue weighted by molar-refractivity contribution is 0.226. The lowest BCUT2D eigenvalue weighted by Crippen LogP contribution is -2.33. The zero-order valence-electron chi connectivity index (χ0n) is 11.4. The molecule has 1 saturated heterocycles. The fraction of sp³-hybridized carbons (Fsp3) is 0.692. The Hall–Kier alpha value is -1.36. The SMILES string of the molecule is COc1ncnc(NCC2CCN(C)CC2)c1C. The maximum absolute atomic E-state index is 5.19. The number of ether oxygens (including phenoxy) is 1. The van der Waals surface area contributed by atoms with Gasteiger partial charge < -0.3 is 15.0 Å². The Kier molecular flexibility index (Phi) is 4.36. The van der Waals surface area contributed by atoms with Crippen molar-refractivity contribution >= 4 is 5.82 Å². The van der Waals surface area contributed by atoms with Crippen LogP contribution in [-0.4, -0.2) is 48.7 Å². The van der Waals surface area contributed by atoms with Crippen molar-refractivity contribution in [2.24, 2.45) is 5.92 Å². The summed E-state index contributed by atoms with van der Waals surface area (Å²) in [6.45, 7) is 5.35. The van der Waals surface area contributed by atoms with Crippen molar-refractivity contribution in [3.05, 3.63) is 11.9 Å². The number of methoxy groups -OCH3 is 1. The second kappa shape index (κ2) is 6.00. The molecule has 0 unspecified atom stereocenters. The van der Waals surface area contributed by atoms with Crippen molar-refractivity contribution in [2.45, 2.75) is 19.8 Å². The van der Waals surface area contributed by atoms with Crippen LogP contribution in [0.1, 0.15) is 18.4 Å². The molecule has 1 aromatic rings. The first-order valence-electron chi connectivity index (χ1n) is 6.48. The number of nitrogens with zero attached hydrogens (tertiary/aromatic N) is 3. The average Bonchev–Trinajstić information content (AvgIpc) is 2.39. The summed E-state index contributed by atoms with van der Waals surface area (Å²) in [5.41, 5.74) is 0.980. The van der Waals surface area contributed by atoms with E-state index in [1.807, 2.05) is 6.92 Å². The first kappa shape index (κ1) is 13.1. The van der Waals surface area contributed by atoms with Gasteiger partial charge in [-0.15, -0.1) is 0 Å². The quantitative estimate of drug-likeness (QED) is 0.878. The van der Waals surface area contributed by atoms with E-state index in [0.29, 0.717) is 5.88 Å². The fourth-order valence-corrected chi connectivity index (χ4v) is 2.33. The zero-order valence-corrected chi connectivity index (χ0v) is 11.4. The molecule has 2 heterocycles. The van der Waals surface area contributed by atoms with E-state index >= 15 is 0 Å². The lowest BCUT2D eigenvalue weighted by Gasteiger charge is -2.29. The van der Waals surface area contributed by atoms with Gasteiger partial charge in [0.1, 0.15) is 12.1 Å². The maximum Gasteiger partial charge on any atom is 0.221 e. The molecule has 100 valence electrons. The van der Waals surface area contributed by atoms with Crippen LogP contribution in [0.5, 0.6) is 5.88 Å². The highest BCUT2D eigenvalue weighted by molar-refractivity contribution is 5.47. The van der Waals surface area contributed by atoms with Crippen molar-refractivity contribution in [2.75, 3.05) is 39.1 Å². The molecule has 1 fully saturated rings. The van der Waals surface area contributed by atoms with Gasteiger partial charge >= 0.3 is 0 Å². The van der Waals surface area contributed by atoms with Crippen LogP contribution < -0.4 is 10.1 Å². The Bertz CT molecular complexity index is 389. The summed E-state index contributed by atoms with van der Waals surface area (Å²) >= 11 is 0. The average molecular weight is 250 g/mol. The summed E-state index contributed by atoms with van der Waals surface area (Å²) < 4.78 is 5.19. The number of hydrogen-bond acceptors (Lipinski definition) is 5. The van der Waals surface area contributed by atoms with E-state index in [-0.39, 0.29) is 0 Å². The first-order chi connectivity index (χ1) is 8.70. The van der Waals surface area contributed by atoms with E-state index in [1.54, 1.807) is 13.4 Å². The van der Waals surface area contributed by atoms with Crippen molar-refractivity contribution in [1.29, 1.82) is 0 Å². The molecule has 18 heavy (non-hydrogen) atoms. The highest BCUT2D eigenvalue weighted by atomic mass is 16.5. The number of aromatic nitrogens is 2. The number of piperidine rings is 1. The minimum Gasteiger partial charge on any atom is -0.481 e. The summed E-state index contributed by atoms with van der Waals surface area (Å²) in [7, 11) is 3.82. The third kappa shape index (κ3) is 3.10. The summed E-state index contributed by atoms with van der Waals surface area (Å²) in [6.07, 6.45) is 4.05. The second-order valence-electron chi connectivity index (χ2n) is 4.98. The van der Waals surface area contributed by atoms with E-state index in [9.17, 15) is 0 Å². The third-order valence-corrected chi connectivity index (χ3v) is 3.63. The monoisotopic (exact) mass is 250 g/mol. The second-order valence-corrected chi connectivity index (χ2v) is 4.98. The Balaban J connectivity index is 1.90. The molecule has 0 radical (unpaired) electrons. The van der Waals surface area contributed by atoms with Crippen LogP contribution in [0.2, 0.25) is 0 Å². The molecular weight excluding hydrogens is 228 g/mol. The Morgan fingerprint density at radius 2 is 2.11 bits per heavy atom. The molecule has 5 nitrogen and oxygen atoms in total. The molecule has 0 amide bonds. The highest BCUT2D eigenvalue weighted by Crippen LogP contribution is 2.21. The molecule has 0 aromatic carbocycles. The van der Waals surface area contributed by atoms with E-state index in [0.717, 1.165) is 23.8 Å². The van der Waals surface area contributed by atoms with Gasteiger partial charge in [0.05, 0.1) is 12.7 Å². The van der Waals surface area contributed by atoms with Gasteiger partial charge in [0.25, 0.3) is 0 Å². The molecule has 2 rings (SSSR count). The van der Waals surface area contributed by atoms with Crippen LogP contribution in [0, 0.1) is 12.8 Å². The van der Waals surface area contributed by atoms with Crippen molar-refractivity contribution in [1.82, 2.24) is 14.9 Å². The van der Waals surface area contributed by atoms with E-state index in [2.05, 4.69) is 27.2 Å².